The molecule has 1 unspecified atom stereocenters. The Balaban J connectivity index is 3.38. The smallest absolute Gasteiger partial charge is 0.0589 e. The summed E-state index contributed by atoms with van der Waals surface area (Å²) in [6.45, 7) is 4.73. The van der Waals surface area contributed by atoms with Crippen LogP contribution in [-0.4, -0.2) is 44.8 Å². The van der Waals surface area contributed by atoms with Crippen molar-refractivity contribution in [1.29, 1.82) is 0 Å². The molecule has 0 fully saturated rings. The van der Waals surface area contributed by atoms with E-state index in [-0.39, 0.29) is 0 Å². The number of hydrogen-bond acceptors (Lipinski definition) is 3. The van der Waals surface area contributed by atoms with Crippen molar-refractivity contribution in [3.05, 3.63) is 0 Å². The largest absolute Gasteiger partial charge is 0.383 e. The maximum absolute atomic E-state index is 5.44. The zero-order chi connectivity index (χ0) is 8.69. The van der Waals surface area contributed by atoms with E-state index in [1.54, 1.807) is 7.11 Å². The lowest BCUT2D eigenvalue weighted by atomic mass is 10.2. The summed E-state index contributed by atoms with van der Waals surface area (Å²) >= 11 is 0. The van der Waals surface area contributed by atoms with Crippen molar-refractivity contribution in [2.45, 2.75) is 19.4 Å². The molecule has 0 aromatic carbocycles. The van der Waals surface area contributed by atoms with Gasteiger partial charge in [-0.05, 0) is 26.9 Å². The number of rotatable bonds is 6. The van der Waals surface area contributed by atoms with E-state index in [9.17, 15) is 0 Å². The Kier molecular flexibility index (Phi) is 6.51. The zero-order valence-electron chi connectivity index (χ0n) is 7.84. The molecule has 2 N–H and O–H groups in total. The van der Waals surface area contributed by atoms with Crippen LogP contribution in [0.2, 0.25) is 0 Å². The van der Waals surface area contributed by atoms with Crippen LogP contribution in [-0.2, 0) is 4.74 Å². The van der Waals surface area contributed by atoms with Gasteiger partial charge in [0.1, 0.15) is 0 Å². The lowest BCUT2D eigenvalue weighted by molar-refractivity contribution is 0.141. The summed E-state index contributed by atoms with van der Waals surface area (Å²) in [5, 5.41) is 0. The molecule has 0 saturated heterocycles. The molecule has 68 valence electrons. The molecule has 11 heavy (non-hydrogen) atoms. The minimum atomic E-state index is 0.565. The van der Waals surface area contributed by atoms with Crippen molar-refractivity contribution in [1.82, 2.24) is 4.90 Å². The normalized spacial score (nSPS) is 13.9. The molecule has 0 rings (SSSR count). The third-order valence-corrected chi connectivity index (χ3v) is 1.99. The van der Waals surface area contributed by atoms with Gasteiger partial charge in [0.2, 0.25) is 0 Å². The van der Waals surface area contributed by atoms with Gasteiger partial charge in [0.25, 0.3) is 0 Å². The van der Waals surface area contributed by atoms with Crippen LogP contribution in [0.1, 0.15) is 13.3 Å². The Morgan fingerprint density at radius 2 is 2.18 bits per heavy atom. The van der Waals surface area contributed by atoms with Crippen LogP contribution < -0.4 is 5.73 Å². The molecule has 1 atom stereocenters. The molecule has 0 aromatic heterocycles. The predicted molar refractivity (Wildman–Crippen MR) is 47.6 cm³/mol. The first-order valence-electron chi connectivity index (χ1n) is 4.11. The second-order valence-electron chi connectivity index (χ2n) is 2.90. The van der Waals surface area contributed by atoms with Crippen LogP contribution in [0.15, 0.2) is 0 Å². The SMILES string of the molecule is COCCN(C)C(C)CCN. The Bertz CT molecular complexity index is 88.2. The molecule has 0 bridgehead atoms. The van der Waals surface area contributed by atoms with Gasteiger partial charge in [0.05, 0.1) is 6.61 Å². The van der Waals surface area contributed by atoms with E-state index < -0.39 is 0 Å². The van der Waals surface area contributed by atoms with E-state index in [4.69, 9.17) is 10.5 Å². The molecule has 0 radical (unpaired) electrons. The van der Waals surface area contributed by atoms with Gasteiger partial charge in [0.15, 0.2) is 0 Å². The lowest BCUT2D eigenvalue weighted by Gasteiger charge is -2.23. The first-order chi connectivity index (χ1) is 5.22. The molecule has 0 aromatic rings. The molecule has 0 saturated carbocycles. The summed E-state index contributed by atoms with van der Waals surface area (Å²) in [6, 6.07) is 0.565. The Morgan fingerprint density at radius 3 is 2.64 bits per heavy atom. The van der Waals surface area contributed by atoms with E-state index in [0.717, 1.165) is 26.1 Å². The fourth-order valence-electron chi connectivity index (χ4n) is 0.917. The van der Waals surface area contributed by atoms with Gasteiger partial charge in [-0.25, -0.2) is 0 Å². The Hall–Kier alpha value is -0.120. The molecule has 0 aliphatic heterocycles. The second kappa shape index (κ2) is 6.58. The first-order valence-corrected chi connectivity index (χ1v) is 4.11. The third-order valence-electron chi connectivity index (χ3n) is 1.99. The molecule has 0 spiro atoms. The number of hydrogen-bond donors (Lipinski definition) is 1. The fraction of sp³-hybridized carbons (Fsp3) is 1.00. The van der Waals surface area contributed by atoms with Crippen LogP contribution in [0.25, 0.3) is 0 Å². The van der Waals surface area contributed by atoms with Crippen molar-refractivity contribution in [3.8, 4) is 0 Å². The maximum Gasteiger partial charge on any atom is 0.0589 e. The quantitative estimate of drug-likeness (QED) is 0.607. The topological polar surface area (TPSA) is 38.5 Å². The summed E-state index contributed by atoms with van der Waals surface area (Å²) in [5.74, 6) is 0. The highest BCUT2D eigenvalue weighted by Gasteiger charge is 2.06. The van der Waals surface area contributed by atoms with Gasteiger partial charge in [-0.15, -0.1) is 0 Å². The third kappa shape index (κ3) is 5.18. The molecule has 3 heteroatoms. The average molecular weight is 160 g/mol. The van der Waals surface area contributed by atoms with Gasteiger partial charge in [0, 0.05) is 19.7 Å². The molecular weight excluding hydrogens is 140 g/mol. The highest BCUT2D eigenvalue weighted by Crippen LogP contribution is 1.98. The van der Waals surface area contributed by atoms with Gasteiger partial charge in [-0.3, -0.25) is 0 Å². The maximum atomic E-state index is 5.44. The number of nitrogens with zero attached hydrogens (tertiary/aromatic N) is 1. The van der Waals surface area contributed by atoms with E-state index in [0.29, 0.717) is 6.04 Å². The van der Waals surface area contributed by atoms with Gasteiger partial charge < -0.3 is 15.4 Å². The molecule has 0 amide bonds. The van der Waals surface area contributed by atoms with Crippen LogP contribution in [0.5, 0.6) is 0 Å². The van der Waals surface area contributed by atoms with Crippen molar-refractivity contribution in [2.24, 2.45) is 5.73 Å². The van der Waals surface area contributed by atoms with Gasteiger partial charge in [-0.2, -0.15) is 0 Å². The van der Waals surface area contributed by atoms with E-state index in [2.05, 4.69) is 18.9 Å². The first kappa shape index (κ1) is 10.9. The molecule has 0 aliphatic rings. The number of ether oxygens (including phenoxy) is 1. The van der Waals surface area contributed by atoms with Crippen LogP contribution >= 0.6 is 0 Å². The van der Waals surface area contributed by atoms with Gasteiger partial charge >= 0.3 is 0 Å². The highest BCUT2D eigenvalue weighted by molar-refractivity contribution is 4.62. The van der Waals surface area contributed by atoms with Crippen molar-refractivity contribution in [2.75, 3.05) is 33.9 Å². The number of nitrogens with two attached hydrogens (primary N) is 1. The Morgan fingerprint density at radius 1 is 1.55 bits per heavy atom. The van der Waals surface area contributed by atoms with Crippen LogP contribution in [0.3, 0.4) is 0 Å². The van der Waals surface area contributed by atoms with Crippen molar-refractivity contribution in [3.63, 3.8) is 0 Å². The van der Waals surface area contributed by atoms with E-state index in [1.807, 2.05) is 0 Å². The summed E-state index contributed by atoms with van der Waals surface area (Å²) in [5.41, 5.74) is 5.44. The Labute approximate surface area is 69.5 Å². The van der Waals surface area contributed by atoms with Crippen molar-refractivity contribution >= 4 is 0 Å². The summed E-state index contributed by atoms with van der Waals surface area (Å²) in [4.78, 5) is 2.26. The van der Waals surface area contributed by atoms with Crippen LogP contribution in [0, 0.1) is 0 Å². The average Bonchev–Trinajstić information content (AvgIpc) is 2.00. The number of likely N-dealkylation sites (N-methyl/N-ethyl adjacent to an activating group) is 1. The molecule has 0 aliphatic carbocycles. The molecule has 0 heterocycles. The number of methoxy groups -OCH3 is 1. The van der Waals surface area contributed by atoms with Gasteiger partial charge in [-0.1, -0.05) is 0 Å². The standard InChI is InChI=1S/C8H20N2O/c1-8(4-5-9)10(2)6-7-11-3/h8H,4-7,9H2,1-3H3. The monoisotopic (exact) mass is 160 g/mol. The molecular formula is C8H20N2O. The molecule has 3 nitrogen and oxygen atoms in total. The minimum Gasteiger partial charge on any atom is -0.383 e. The second-order valence-corrected chi connectivity index (χ2v) is 2.90. The van der Waals surface area contributed by atoms with Crippen molar-refractivity contribution < 1.29 is 4.74 Å². The van der Waals surface area contributed by atoms with Crippen LogP contribution in [0.4, 0.5) is 0 Å². The highest BCUT2D eigenvalue weighted by atomic mass is 16.5. The minimum absolute atomic E-state index is 0.565. The summed E-state index contributed by atoms with van der Waals surface area (Å²) in [6.07, 6.45) is 1.06. The van der Waals surface area contributed by atoms with E-state index >= 15 is 0 Å². The predicted octanol–water partition coefficient (Wildman–Crippen LogP) is 0.302. The lowest BCUT2D eigenvalue weighted by Crippen LogP contribution is -2.33. The summed E-state index contributed by atoms with van der Waals surface area (Å²) in [7, 11) is 3.82. The zero-order valence-corrected chi connectivity index (χ0v) is 7.84. The fourth-order valence-corrected chi connectivity index (χ4v) is 0.917. The van der Waals surface area contributed by atoms with E-state index in [1.165, 1.54) is 0 Å². The summed E-state index contributed by atoms with van der Waals surface area (Å²) < 4.78 is 4.97.